The smallest absolute Gasteiger partial charge is 0.303 e. The zero-order chi connectivity index (χ0) is 20.5. The maximum absolute atomic E-state index is 10.4. The van der Waals surface area contributed by atoms with Gasteiger partial charge in [-0.1, -0.05) is 148 Å². The van der Waals surface area contributed by atoms with Crippen LogP contribution in [0.15, 0.2) is 0 Å². The average molecular weight is 421 g/mol. The molecule has 0 spiro atoms. The molecule has 0 saturated carbocycles. The van der Waals surface area contributed by atoms with Gasteiger partial charge in [0.1, 0.15) is 0 Å². The summed E-state index contributed by atoms with van der Waals surface area (Å²) in [5.41, 5.74) is 0. The van der Waals surface area contributed by atoms with E-state index in [9.17, 15) is 4.79 Å². The highest BCUT2D eigenvalue weighted by Gasteiger charge is 1.97. The van der Waals surface area contributed by atoms with Crippen LogP contribution in [0.4, 0.5) is 0 Å². The Balaban J connectivity index is 0. The van der Waals surface area contributed by atoms with Crippen LogP contribution in [0, 0.1) is 0 Å². The van der Waals surface area contributed by atoms with Gasteiger partial charge in [-0.05, 0) is 6.42 Å². The summed E-state index contributed by atoms with van der Waals surface area (Å²) in [6, 6.07) is 0. The van der Waals surface area contributed by atoms with Crippen molar-refractivity contribution in [3.8, 4) is 0 Å². The Bertz CT molecular complexity index is 307. The number of carbonyl (C=O) groups is 1. The topological polar surface area (TPSA) is 37.3 Å². The Kier molecular flexibility index (Phi) is 30.6. The summed E-state index contributed by atoms with van der Waals surface area (Å²) < 4.78 is 0. The Morgan fingerprint density at radius 2 is 0.655 bits per heavy atom. The molecule has 0 saturated heterocycles. The maximum atomic E-state index is 10.4. The molecule has 1 N–H and O–H groups in total. The van der Waals surface area contributed by atoms with Crippen LogP contribution in [-0.2, 0) is 4.79 Å². The molecule has 0 aromatic carbocycles. The fraction of sp³-hybridized carbons (Fsp3) is 0.962. The van der Waals surface area contributed by atoms with Gasteiger partial charge in [-0.3, -0.25) is 4.79 Å². The van der Waals surface area contributed by atoms with E-state index >= 15 is 0 Å². The van der Waals surface area contributed by atoms with Gasteiger partial charge < -0.3 is 5.11 Å². The van der Waals surface area contributed by atoms with Gasteiger partial charge in [0, 0.05) is 29.5 Å². The first-order valence-corrected chi connectivity index (χ1v) is 13.0. The number of aliphatic carboxylic acids is 1. The molecule has 0 fully saturated rings. The van der Waals surface area contributed by atoms with Gasteiger partial charge >= 0.3 is 5.97 Å². The number of hydrogen-bond acceptors (Lipinski definition) is 1. The minimum atomic E-state index is -0.650. The molecule has 0 rings (SSSR count). The SMILES string of the molecule is CCCCCCCCCCCCCCCCCCCCCCCCCC(=O)O.[Mg]. The van der Waals surface area contributed by atoms with Crippen LogP contribution < -0.4 is 0 Å². The van der Waals surface area contributed by atoms with Crippen molar-refractivity contribution in [1.82, 2.24) is 0 Å². The van der Waals surface area contributed by atoms with Gasteiger partial charge in [-0.25, -0.2) is 0 Å². The summed E-state index contributed by atoms with van der Waals surface area (Å²) in [4.78, 5) is 10.4. The van der Waals surface area contributed by atoms with Gasteiger partial charge in [0.15, 0.2) is 0 Å². The van der Waals surface area contributed by atoms with Crippen molar-refractivity contribution in [2.75, 3.05) is 0 Å². The van der Waals surface area contributed by atoms with Crippen LogP contribution in [-0.4, -0.2) is 34.1 Å². The molecule has 0 aromatic rings. The number of carboxylic acids is 1. The van der Waals surface area contributed by atoms with Crippen LogP contribution in [0.2, 0.25) is 0 Å². The molecule has 0 unspecified atom stereocenters. The fourth-order valence-corrected chi connectivity index (χ4v) is 4.06. The molecule has 0 aliphatic carbocycles. The highest BCUT2D eigenvalue weighted by atomic mass is 24.3. The summed E-state index contributed by atoms with van der Waals surface area (Å²) in [7, 11) is 0. The molecule has 0 aliphatic heterocycles. The van der Waals surface area contributed by atoms with Crippen molar-refractivity contribution in [3.05, 3.63) is 0 Å². The van der Waals surface area contributed by atoms with Crippen molar-refractivity contribution in [3.63, 3.8) is 0 Å². The monoisotopic (exact) mass is 420 g/mol. The second-order valence-electron chi connectivity index (χ2n) is 8.92. The number of carboxylic acid groups (broad SMARTS) is 1. The lowest BCUT2D eigenvalue weighted by Crippen LogP contribution is -1.93. The van der Waals surface area contributed by atoms with E-state index in [1.165, 1.54) is 135 Å². The summed E-state index contributed by atoms with van der Waals surface area (Å²) in [6.07, 6.45) is 32.0. The van der Waals surface area contributed by atoms with E-state index in [1.807, 2.05) is 0 Å². The van der Waals surface area contributed by atoms with E-state index in [2.05, 4.69) is 6.92 Å². The summed E-state index contributed by atoms with van der Waals surface area (Å²) in [6.45, 7) is 2.29. The molecule has 2 nitrogen and oxygen atoms in total. The van der Waals surface area contributed by atoms with E-state index < -0.39 is 5.97 Å². The van der Waals surface area contributed by atoms with E-state index in [0.717, 1.165) is 12.8 Å². The molecule has 0 aromatic heterocycles. The molecule has 3 heteroatoms. The van der Waals surface area contributed by atoms with Gasteiger partial charge in [0.2, 0.25) is 0 Å². The molecule has 29 heavy (non-hydrogen) atoms. The molecular formula is C26H52MgO2. The van der Waals surface area contributed by atoms with E-state index in [-0.39, 0.29) is 23.1 Å². The highest BCUT2D eigenvalue weighted by Crippen LogP contribution is 2.15. The van der Waals surface area contributed by atoms with Gasteiger partial charge in [-0.2, -0.15) is 0 Å². The van der Waals surface area contributed by atoms with Crippen LogP contribution in [0.5, 0.6) is 0 Å². The van der Waals surface area contributed by atoms with Crippen LogP contribution in [0.1, 0.15) is 161 Å². The molecule has 170 valence electrons. The second-order valence-corrected chi connectivity index (χ2v) is 8.92. The minimum Gasteiger partial charge on any atom is -0.481 e. The lowest BCUT2D eigenvalue weighted by Gasteiger charge is -2.04. The minimum absolute atomic E-state index is 0. The van der Waals surface area contributed by atoms with Gasteiger partial charge in [0.05, 0.1) is 0 Å². The predicted octanol–water partition coefficient (Wildman–Crippen LogP) is 9.07. The molecule has 0 bridgehead atoms. The van der Waals surface area contributed by atoms with Crippen molar-refractivity contribution in [1.29, 1.82) is 0 Å². The van der Waals surface area contributed by atoms with Crippen molar-refractivity contribution in [2.24, 2.45) is 0 Å². The van der Waals surface area contributed by atoms with E-state index in [1.54, 1.807) is 0 Å². The standard InChI is InChI=1S/C26H52O2.Mg/c1-2-3-4-5-6-7-8-9-10-11-12-13-14-15-16-17-18-19-20-21-22-23-24-25-26(27)28;/h2-25H2,1H3,(H,27,28);. The lowest BCUT2D eigenvalue weighted by molar-refractivity contribution is -0.137. The zero-order valence-electron chi connectivity index (χ0n) is 20.0. The Morgan fingerprint density at radius 3 is 0.862 bits per heavy atom. The van der Waals surface area contributed by atoms with E-state index in [4.69, 9.17) is 5.11 Å². The average Bonchev–Trinajstić information content (AvgIpc) is 2.68. The van der Waals surface area contributed by atoms with Crippen molar-refractivity contribution >= 4 is 29.0 Å². The zero-order valence-corrected chi connectivity index (χ0v) is 21.4. The lowest BCUT2D eigenvalue weighted by atomic mass is 10.0. The number of rotatable bonds is 24. The Hall–Kier alpha value is 0.236. The molecular weight excluding hydrogens is 369 g/mol. The quantitative estimate of drug-likeness (QED) is 0.125. The van der Waals surface area contributed by atoms with Crippen LogP contribution in [0.25, 0.3) is 0 Å². The first-order chi connectivity index (χ1) is 13.8. The third-order valence-electron chi connectivity index (χ3n) is 5.99. The molecule has 0 aliphatic rings. The predicted molar refractivity (Wildman–Crippen MR) is 130 cm³/mol. The summed E-state index contributed by atoms with van der Waals surface area (Å²) in [5, 5.41) is 8.59. The van der Waals surface area contributed by atoms with Crippen LogP contribution in [0.3, 0.4) is 0 Å². The molecule has 2 radical (unpaired) electrons. The molecule has 0 atom stereocenters. The first kappa shape index (κ1) is 31.4. The molecule has 0 heterocycles. The third kappa shape index (κ3) is 30.5. The Labute approximate surface area is 199 Å². The largest absolute Gasteiger partial charge is 0.481 e. The fourth-order valence-electron chi connectivity index (χ4n) is 4.06. The maximum Gasteiger partial charge on any atom is 0.303 e. The summed E-state index contributed by atoms with van der Waals surface area (Å²) in [5.74, 6) is -0.650. The van der Waals surface area contributed by atoms with Gasteiger partial charge in [-0.15, -0.1) is 0 Å². The normalized spacial score (nSPS) is 10.8. The van der Waals surface area contributed by atoms with Crippen molar-refractivity contribution < 1.29 is 9.90 Å². The summed E-state index contributed by atoms with van der Waals surface area (Å²) >= 11 is 0. The molecule has 0 amide bonds. The van der Waals surface area contributed by atoms with E-state index in [0.29, 0.717) is 6.42 Å². The third-order valence-corrected chi connectivity index (χ3v) is 5.99. The number of hydrogen-bond donors (Lipinski definition) is 1. The van der Waals surface area contributed by atoms with Crippen molar-refractivity contribution in [2.45, 2.75) is 161 Å². The number of unbranched alkanes of at least 4 members (excludes halogenated alkanes) is 22. The Morgan fingerprint density at radius 1 is 0.448 bits per heavy atom. The van der Waals surface area contributed by atoms with Gasteiger partial charge in [0.25, 0.3) is 0 Å². The highest BCUT2D eigenvalue weighted by molar-refractivity contribution is 5.75. The van der Waals surface area contributed by atoms with Crippen LogP contribution >= 0.6 is 0 Å². The second kappa shape index (κ2) is 28.2. The first-order valence-electron chi connectivity index (χ1n) is 13.0.